The van der Waals surface area contributed by atoms with Crippen molar-refractivity contribution in [3.63, 3.8) is 0 Å². The summed E-state index contributed by atoms with van der Waals surface area (Å²) in [6, 6.07) is 7.07. The van der Waals surface area contributed by atoms with Crippen LogP contribution in [0.1, 0.15) is 11.5 Å². The van der Waals surface area contributed by atoms with Crippen LogP contribution in [0.15, 0.2) is 24.3 Å². The zero-order valence-corrected chi connectivity index (χ0v) is 8.78. The highest BCUT2D eigenvalue weighted by atomic mass is 35.5. The maximum absolute atomic E-state index is 10.4. The molecule has 0 aliphatic heterocycles. The quantitative estimate of drug-likeness (QED) is 0.822. The summed E-state index contributed by atoms with van der Waals surface area (Å²) < 4.78 is 4.62. The van der Waals surface area contributed by atoms with Gasteiger partial charge in [-0.3, -0.25) is 0 Å². The molecular weight excluding hydrogens is 218 g/mol. The third kappa shape index (κ3) is 3.42. The van der Waals surface area contributed by atoms with Gasteiger partial charge in [-0.25, -0.2) is 4.79 Å². The normalized spacial score (nSPS) is 12.1. The first kappa shape index (κ1) is 11.8. The number of hydrogen-bond acceptors (Lipinski definition) is 3. The summed E-state index contributed by atoms with van der Waals surface area (Å²) in [5, 5.41) is 9.66. The lowest BCUT2D eigenvalue weighted by Crippen LogP contribution is -2.20. The summed E-state index contributed by atoms with van der Waals surface area (Å²) in [5.41, 5.74) is 5.57. The van der Waals surface area contributed by atoms with Crippen molar-refractivity contribution in [3.05, 3.63) is 34.9 Å². The smallest absolute Gasteiger partial charge is 0.404 e. The number of primary amides is 1. The summed E-state index contributed by atoms with van der Waals surface area (Å²) in [6.45, 7) is -0.132. The van der Waals surface area contributed by atoms with E-state index in [9.17, 15) is 4.79 Å². The van der Waals surface area contributed by atoms with Crippen molar-refractivity contribution in [2.75, 3.05) is 13.2 Å². The number of aliphatic hydroxyl groups is 1. The van der Waals surface area contributed by atoms with E-state index in [2.05, 4.69) is 4.74 Å². The van der Waals surface area contributed by atoms with Crippen molar-refractivity contribution in [3.8, 4) is 0 Å². The van der Waals surface area contributed by atoms with Crippen LogP contribution in [0.3, 0.4) is 0 Å². The van der Waals surface area contributed by atoms with Crippen molar-refractivity contribution in [2.24, 2.45) is 5.73 Å². The number of halogens is 1. The predicted molar refractivity (Wildman–Crippen MR) is 56.8 cm³/mol. The number of rotatable bonds is 4. The van der Waals surface area contributed by atoms with Crippen molar-refractivity contribution in [1.29, 1.82) is 0 Å². The number of amides is 1. The Morgan fingerprint density at radius 1 is 1.53 bits per heavy atom. The standard InChI is InChI=1S/C10H12ClNO3/c11-9-4-2-1-3-8(9)7(5-13)6-15-10(12)14/h1-4,7,13H,5-6H2,(H2,12,14). The van der Waals surface area contributed by atoms with E-state index in [0.29, 0.717) is 5.02 Å². The van der Waals surface area contributed by atoms with Gasteiger partial charge < -0.3 is 15.6 Å². The molecular formula is C10H12ClNO3. The average Bonchev–Trinajstić information content (AvgIpc) is 2.21. The molecule has 0 saturated heterocycles. The zero-order valence-electron chi connectivity index (χ0n) is 8.02. The van der Waals surface area contributed by atoms with Crippen LogP contribution >= 0.6 is 11.6 Å². The van der Waals surface area contributed by atoms with E-state index < -0.39 is 6.09 Å². The SMILES string of the molecule is NC(=O)OCC(CO)c1ccccc1Cl. The van der Waals surface area contributed by atoms with Gasteiger partial charge in [0.05, 0.1) is 6.61 Å². The molecule has 0 spiro atoms. The first-order chi connectivity index (χ1) is 7.15. The van der Waals surface area contributed by atoms with Gasteiger partial charge in [0.2, 0.25) is 0 Å². The lowest BCUT2D eigenvalue weighted by Gasteiger charge is -2.15. The number of carbonyl (C=O) groups excluding carboxylic acids is 1. The van der Waals surface area contributed by atoms with E-state index in [1.807, 2.05) is 0 Å². The molecule has 1 atom stereocenters. The molecule has 4 nitrogen and oxygen atoms in total. The van der Waals surface area contributed by atoms with Crippen LogP contribution in [0.2, 0.25) is 5.02 Å². The van der Waals surface area contributed by atoms with E-state index in [0.717, 1.165) is 5.56 Å². The van der Waals surface area contributed by atoms with Crippen LogP contribution < -0.4 is 5.73 Å². The van der Waals surface area contributed by atoms with Gasteiger partial charge in [-0.05, 0) is 11.6 Å². The highest BCUT2D eigenvalue weighted by molar-refractivity contribution is 6.31. The van der Waals surface area contributed by atoms with Crippen LogP contribution in [-0.4, -0.2) is 24.4 Å². The van der Waals surface area contributed by atoms with E-state index in [-0.39, 0.29) is 19.1 Å². The molecule has 0 aliphatic rings. The summed E-state index contributed by atoms with van der Waals surface area (Å²) >= 11 is 5.93. The van der Waals surface area contributed by atoms with Gasteiger partial charge in [-0.1, -0.05) is 29.8 Å². The van der Waals surface area contributed by atoms with Crippen molar-refractivity contribution >= 4 is 17.7 Å². The monoisotopic (exact) mass is 229 g/mol. The first-order valence-corrected chi connectivity index (χ1v) is 4.80. The molecule has 1 rings (SSSR count). The number of ether oxygens (including phenoxy) is 1. The fraction of sp³-hybridized carbons (Fsp3) is 0.300. The summed E-state index contributed by atoms with van der Waals surface area (Å²) in [4.78, 5) is 10.4. The highest BCUT2D eigenvalue weighted by Gasteiger charge is 2.14. The Balaban J connectivity index is 2.74. The largest absolute Gasteiger partial charge is 0.449 e. The Morgan fingerprint density at radius 2 is 2.20 bits per heavy atom. The fourth-order valence-electron chi connectivity index (χ4n) is 1.23. The van der Waals surface area contributed by atoms with Gasteiger partial charge >= 0.3 is 6.09 Å². The summed E-state index contributed by atoms with van der Waals surface area (Å²) in [7, 11) is 0. The zero-order chi connectivity index (χ0) is 11.3. The second-order valence-electron chi connectivity index (χ2n) is 3.03. The molecule has 5 heteroatoms. The van der Waals surface area contributed by atoms with E-state index in [1.165, 1.54) is 0 Å². The molecule has 3 N–H and O–H groups in total. The lowest BCUT2D eigenvalue weighted by atomic mass is 10.0. The van der Waals surface area contributed by atoms with Crippen LogP contribution in [0.4, 0.5) is 4.79 Å². The predicted octanol–water partition coefficient (Wildman–Crippen LogP) is 1.51. The molecule has 0 heterocycles. The molecule has 82 valence electrons. The highest BCUT2D eigenvalue weighted by Crippen LogP contribution is 2.24. The molecule has 0 saturated carbocycles. The molecule has 1 aromatic carbocycles. The molecule has 0 radical (unpaired) electrons. The van der Waals surface area contributed by atoms with Crippen molar-refractivity contribution < 1.29 is 14.6 Å². The van der Waals surface area contributed by atoms with Crippen molar-refractivity contribution in [2.45, 2.75) is 5.92 Å². The van der Waals surface area contributed by atoms with Crippen LogP contribution in [0.5, 0.6) is 0 Å². The van der Waals surface area contributed by atoms with Crippen LogP contribution in [0, 0.1) is 0 Å². The van der Waals surface area contributed by atoms with E-state index >= 15 is 0 Å². The third-order valence-electron chi connectivity index (χ3n) is 1.99. The Kier molecular flexibility index (Phi) is 4.39. The Bertz CT molecular complexity index is 343. The van der Waals surface area contributed by atoms with E-state index in [1.54, 1.807) is 24.3 Å². The van der Waals surface area contributed by atoms with Crippen LogP contribution in [0.25, 0.3) is 0 Å². The number of aliphatic hydroxyl groups excluding tert-OH is 1. The van der Waals surface area contributed by atoms with Gasteiger partial charge in [-0.15, -0.1) is 0 Å². The van der Waals surface area contributed by atoms with Gasteiger partial charge in [0.15, 0.2) is 0 Å². The topological polar surface area (TPSA) is 72.6 Å². The van der Waals surface area contributed by atoms with Gasteiger partial charge in [-0.2, -0.15) is 0 Å². The number of benzene rings is 1. The number of nitrogens with two attached hydrogens (primary N) is 1. The average molecular weight is 230 g/mol. The molecule has 1 unspecified atom stereocenters. The molecule has 0 fully saturated rings. The lowest BCUT2D eigenvalue weighted by molar-refractivity contribution is 0.133. The molecule has 1 amide bonds. The minimum Gasteiger partial charge on any atom is -0.449 e. The van der Waals surface area contributed by atoms with Crippen molar-refractivity contribution in [1.82, 2.24) is 0 Å². The fourth-order valence-corrected chi connectivity index (χ4v) is 1.52. The third-order valence-corrected chi connectivity index (χ3v) is 2.34. The maximum Gasteiger partial charge on any atom is 0.404 e. The van der Waals surface area contributed by atoms with E-state index in [4.69, 9.17) is 22.4 Å². The molecule has 0 aromatic heterocycles. The van der Waals surface area contributed by atoms with Gasteiger partial charge in [0.1, 0.15) is 6.61 Å². The Hall–Kier alpha value is -1.26. The molecule has 1 aromatic rings. The molecule has 15 heavy (non-hydrogen) atoms. The molecule has 0 bridgehead atoms. The Labute approximate surface area is 92.6 Å². The number of carbonyl (C=O) groups is 1. The Morgan fingerprint density at radius 3 is 2.73 bits per heavy atom. The first-order valence-electron chi connectivity index (χ1n) is 4.42. The second-order valence-corrected chi connectivity index (χ2v) is 3.44. The van der Waals surface area contributed by atoms with Crippen LogP contribution in [-0.2, 0) is 4.74 Å². The maximum atomic E-state index is 10.4. The minimum atomic E-state index is -0.861. The summed E-state index contributed by atoms with van der Waals surface area (Å²) in [6.07, 6.45) is -0.861. The van der Waals surface area contributed by atoms with Gasteiger partial charge in [0, 0.05) is 10.9 Å². The van der Waals surface area contributed by atoms with Gasteiger partial charge in [0.25, 0.3) is 0 Å². The summed E-state index contributed by atoms with van der Waals surface area (Å²) in [5.74, 6) is -0.341. The number of hydrogen-bond donors (Lipinski definition) is 2. The molecule has 0 aliphatic carbocycles. The second kappa shape index (κ2) is 5.58. The minimum absolute atomic E-state index is 0.0234.